The van der Waals surface area contributed by atoms with Crippen LogP contribution >= 0.6 is 11.8 Å². The fraction of sp³-hybridized carbons (Fsp3) is 0.333. The van der Waals surface area contributed by atoms with Gasteiger partial charge in [-0.15, -0.1) is 5.10 Å². The molecule has 0 radical (unpaired) electrons. The number of thioether (sulfide) groups is 1. The first-order valence-electron chi connectivity index (χ1n) is 9.82. The molecule has 2 heterocycles. The summed E-state index contributed by atoms with van der Waals surface area (Å²) in [5, 5.41) is 39.0. The summed E-state index contributed by atoms with van der Waals surface area (Å²) in [5.74, 6) is -3.73. The van der Waals surface area contributed by atoms with Crippen molar-refractivity contribution in [2.45, 2.75) is 34.7 Å². The molecule has 0 spiro atoms. The Morgan fingerprint density at radius 2 is 1.76 bits per heavy atom. The summed E-state index contributed by atoms with van der Waals surface area (Å²) in [6.45, 7) is -0.528. The quantitative estimate of drug-likeness (QED) is 0.458. The van der Waals surface area contributed by atoms with Gasteiger partial charge in [0.15, 0.2) is 17.5 Å². The van der Waals surface area contributed by atoms with E-state index in [2.05, 4.69) is 10.3 Å². The fourth-order valence-corrected chi connectivity index (χ4v) is 4.58. The van der Waals surface area contributed by atoms with Crippen molar-refractivity contribution in [1.29, 1.82) is 0 Å². The van der Waals surface area contributed by atoms with Gasteiger partial charge in [-0.25, -0.2) is 17.9 Å². The lowest BCUT2D eigenvalue weighted by molar-refractivity contribution is -0.178. The van der Waals surface area contributed by atoms with Crippen LogP contribution in [0.5, 0.6) is 5.75 Å². The van der Waals surface area contributed by atoms with Crippen LogP contribution in [0.2, 0.25) is 0 Å². The summed E-state index contributed by atoms with van der Waals surface area (Å²) in [6, 6.07) is 7.43. The van der Waals surface area contributed by atoms with Gasteiger partial charge in [0.2, 0.25) is 0 Å². The SMILES string of the molecule is COc1ccc(S[C@H]2OC(CO)[C@H](O)[C@H](n3cc(-c4cc(F)c(F)c(F)c4)nn3)C2O)cc1. The van der Waals surface area contributed by atoms with Crippen molar-refractivity contribution in [3.8, 4) is 17.0 Å². The van der Waals surface area contributed by atoms with Gasteiger partial charge >= 0.3 is 0 Å². The van der Waals surface area contributed by atoms with Gasteiger partial charge in [0.05, 0.1) is 19.9 Å². The van der Waals surface area contributed by atoms with Crippen LogP contribution in [0.1, 0.15) is 6.04 Å². The molecule has 8 nitrogen and oxygen atoms in total. The van der Waals surface area contributed by atoms with Crippen molar-refractivity contribution in [2.24, 2.45) is 0 Å². The molecule has 1 aromatic heterocycles. The zero-order chi connectivity index (χ0) is 23.7. The first-order chi connectivity index (χ1) is 15.8. The van der Waals surface area contributed by atoms with Gasteiger partial charge in [0.1, 0.15) is 41.2 Å². The molecule has 176 valence electrons. The highest BCUT2D eigenvalue weighted by Crippen LogP contribution is 2.38. The van der Waals surface area contributed by atoms with E-state index in [1.807, 2.05) is 0 Å². The van der Waals surface area contributed by atoms with Crippen LogP contribution in [0.25, 0.3) is 11.3 Å². The molecule has 0 amide bonds. The van der Waals surface area contributed by atoms with Crippen molar-refractivity contribution in [2.75, 3.05) is 13.7 Å². The second kappa shape index (κ2) is 9.69. The summed E-state index contributed by atoms with van der Waals surface area (Å²) >= 11 is 1.17. The topological polar surface area (TPSA) is 110 Å². The molecular weight excluding hydrogens is 463 g/mol. The molecule has 1 saturated heterocycles. The summed E-state index contributed by atoms with van der Waals surface area (Å²) in [4.78, 5) is 0.739. The molecule has 2 unspecified atom stereocenters. The third-order valence-corrected chi connectivity index (χ3v) is 6.42. The van der Waals surface area contributed by atoms with Gasteiger partial charge in [-0.05, 0) is 36.4 Å². The minimum Gasteiger partial charge on any atom is -0.497 e. The maximum atomic E-state index is 13.6. The molecule has 12 heteroatoms. The summed E-state index contributed by atoms with van der Waals surface area (Å²) in [7, 11) is 1.54. The van der Waals surface area contributed by atoms with Crippen molar-refractivity contribution < 1.29 is 38.0 Å². The molecule has 1 fully saturated rings. The predicted octanol–water partition coefficient (Wildman–Crippen LogP) is 2.14. The van der Waals surface area contributed by atoms with Gasteiger partial charge in [-0.1, -0.05) is 17.0 Å². The van der Waals surface area contributed by atoms with Crippen LogP contribution in [0.15, 0.2) is 47.5 Å². The third-order valence-electron chi connectivity index (χ3n) is 5.26. The van der Waals surface area contributed by atoms with E-state index in [9.17, 15) is 28.5 Å². The lowest BCUT2D eigenvalue weighted by Crippen LogP contribution is -2.55. The summed E-state index contributed by atoms with van der Waals surface area (Å²) in [6.07, 6.45) is -2.44. The number of aliphatic hydroxyl groups excluding tert-OH is 3. The number of methoxy groups -OCH3 is 1. The van der Waals surface area contributed by atoms with Crippen molar-refractivity contribution in [3.63, 3.8) is 0 Å². The zero-order valence-corrected chi connectivity index (χ0v) is 18.0. The lowest BCUT2D eigenvalue weighted by Gasteiger charge is -2.41. The van der Waals surface area contributed by atoms with E-state index in [1.54, 1.807) is 24.3 Å². The first-order valence-corrected chi connectivity index (χ1v) is 10.7. The Morgan fingerprint density at radius 1 is 1.09 bits per heavy atom. The Balaban J connectivity index is 1.61. The second-order valence-corrected chi connectivity index (χ2v) is 8.50. The number of benzene rings is 2. The molecule has 1 aliphatic rings. The number of aromatic nitrogens is 3. The summed E-state index contributed by atoms with van der Waals surface area (Å²) < 4.78 is 52.4. The Labute approximate surface area is 190 Å². The molecule has 0 bridgehead atoms. The monoisotopic (exact) mass is 483 g/mol. The predicted molar refractivity (Wildman–Crippen MR) is 111 cm³/mol. The van der Waals surface area contributed by atoms with E-state index >= 15 is 0 Å². The number of hydrogen-bond donors (Lipinski definition) is 3. The van der Waals surface area contributed by atoms with Gasteiger partial charge in [-0.2, -0.15) is 0 Å². The number of nitrogens with zero attached hydrogens (tertiary/aromatic N) is 3. The van der Waals surface area contributed by atoms with Crippen LogP contribution < -0.4 is 4.74 Å². The third kappa shape index (κ3) is 4.70. The maximum Gasteiger partial charge on any atom is 0.194 e. The van der Waals surface area contributed by atoms with Gasteiger partial charge in [-0.3, -0.25) is 0 Å². The number of aliphatic hydroxyl groups is 3. The molecule has 2 aromatic carbocycles. The highest BCUT2D eigenvalue weighted by Gasteiger charge is 2.46. The van der Waals surface area contributed by atoms with Crippen LogP contribution in [-0.4, -0.2) is 67.8 Å². The molecule has 0 aliphatic carbocycles. The Bertz CT molecular complexity index is 1090. The minimum absolute atomic E-state index is 0.00130. The van der Waals surface area contributed by atoms with Crippen molar-refractivity contribution in [1.82, 2.24) is 15.0 Å². The molecule has 0 saturated carbocycles. The average molecular weight is 483 g/mol. The van der Waals surface area contributed by atoms with E-state index < -0.39 is 53.8 Å². The van der Waals surface area contributed by atoms with Crippen LogP contribution in [-0.2, 0) is 4.74 Å². The van der Waals surface area contributed by atoms with Crippen LogP contribution in [0, 0.1) is 17.5 Å². The Morgan fingerprint density at radius 3 is 2.36 bits per heavy atom. The molecule has 1 aliphatic heterocycles. The number of rotatable bonds is 6. The highest BCUT2D eigenvalue weighted by molar-refractivity contribution is 7.99. The molecule has 3 N–H and O–H groups in total. The molecule has 5 atom stereocenters. The standard InChI is InChI=1S/C21H20F3N3O5S/c1-31-11-2-4-12(5-3-11)33-21-20(30)18(19(29)16(9-28)32-21)27-8-15(25-26-27)10-6-13(22)17(24)14(23)7-10/h2-8,16,18-21,28-30H,9H2,1H3/t16?,18-,19-,20?,21+/m0/s1. The first kappa shape index (κ1) is 23.5. The fourth-order valence-electron chi connectivity index (χ4n) is 3.52. The van der Waals surface area contributed by atoms with E-state index in [4.69, 9.17) is 9.47 Å². The van der Waals surface area contributed by atoms with Gasteiger partial charge < -0.3 is 24.8 Å². The second-order valence-electron chi connectivity index (χ2n) is 7.33. The van der Waals surface area contributed by atoms with Gasteiger partial charge in [0, 0.05) is 10.5 Å². The minimum atomic E-state index is -1.61. The molecular formula is C21H20F3N3O5S. The lowest BCUT2D eigenvalue weighted by atomic mass is 9.97. The van der Waals surface area contributed by atoms with Crippen molar-refractivity contribution >= 4 is 11.8 Å². The van der Waals surface area contributed by atoms with Crippen LogP contribution in [0.4, 0.5) is 13.2 Å². The van der Waals surface area contributed by atoms with E-state index in [1.165, 1.54) is 25.1 Å². The Hall–Kier alpha value is -2.64. The van der Waals surface area contributed by atoms with Gasteiger partial charge in [0.25, 0.3) is 0 Å². The van der Waals surface area contributed by atoms with E-state index in [-0.39, 0.29) is 11.3 Å². The van der Waals surface area contributed by atoms with Crippen LogP contribution in [0.3, 0.4) is 0 Å². The van der Waals surface area contributed by atoms with E-state index in [0.717, 1.165) is 21.7 Å². The average Bonchev–Trinajstić information content (AvgIpc) is 3.29. The maximum absolute atomic E-state index is 13.6. The highest BCUT2D eigenvalue weighted by atomic mass is 32.2. The number of hydrogen-bond acceptors (Lipinski definition) is 8. The molecule has 4 rings (SSSR count). The smallest absolute Gasteiger partial charge is 0.194 e. The normalized spacial score (nSPS) is 25.2. The van der Waals surface area contributed by atoms with E-state index in [0.29, 0.717) is 5.75 Å². The Kier molecular flexibility index (Phi) is 6.91. The summed E-state index contributed by atoms with van der Waals surface area (Å²) in [5.41, 5.74) is -0.965. The number of halogens is 3. The molecule has 3 aromatic rings. The zero-order valence-electron chi connectivity index (χ0n) is 17.2. The number of ether oxygens (including phenoxy) is 2. The largest absolute Gasteiger partial charge is 0.497 e. The molecule has 33 heavy (non-hydrogen) atoms. The van der Waals surface area contributed by atoms with Crippen molar-refractivity contribution in [3.05, 3.63) is 60.0 Å².